The number of rotatable bonds is 3. The minimum Gasteiger partial charge on any atom is -0.359 e. The molecule has 2 saturated heterocycles. The van der Waals surface area contributed by atoms with Gasteiger partial charge in [-0.05, 0) is 57.9 Å². The van der Waals surface area contributed by atoms with Crippen LogP contribution in [-0.2, 0) is 6.54 Å². The summed E-state index contributed by atoms with van der Waals surface area (Å²) in [7, 11) is 1.90. The summed E-state index contributed by atoms with van der Waals surface area (Å²) in [5.74, 6) is 1.12. The van der Waals surface area contributed by atoms with Crippen LogP contribution in [0, 0.1) is 6.92 Å². The molecule has 154 valence electrons. The Morgan fingerprint density at radius 3 is 2.89 bits per heavy atom. The summed E-state index contributed by atoms with van der Waals surface area (Å²) in [6.45, 7) is 7.37. The van der Waals surface area contributed by atoms with Crippen LogP contribution in [0.1, 0.15) is 56.6 Å². The van der Waals surface area contributed by atoms with Gasteiger partial charge in [-0.25, -0.2) is 4.39 Å². The first-order valence-corrected chi connectivity index (χ1v) is 10.9. The number of halogens is 1. The lowest BCUT2D eigenvalue weighted by molar-refractivity contribution is 0.00487. The molecular weight excluding hydrogens is 351 g/mol. The molecule has 5 heteroatoms. The fourth-order valence-corrected chi connectivity index (χ4v) is 5.79. The van der Waals surface area contributed by atoms with Crippen molar-refractivity contribution < 1.29 is 4.39 Å². The van der Waals surface area contributed by atoms with E-state index in [9.17, 15) is 4.39 Å². The van der Waals surface area contributed by atoms with Gasteiger partial charge in [0.05, 0.1) is 12.2 Å². The van der Waals surface area contributed by atoms with E-state index in [1.54, 1.807) is 0 Å². The Morgan fingerprint density at radius 2 is 2.18 bits per heavy atom. The molecule has 4 nitrogen and oxygen atoms in total. The monoisotopic (exact) mass is 386 g/mol. The van der Waals surface area contributed by atoms with E-state index in [1.165, 1.54) is 11.1 Å². The highest BCUT2D eigenvalue weighted by Gasteiger charge is 2.52. The number of amidine groups is 1. The van der Waals surface area contributed by atoms with Gasteiger partial charge in [-0.3, -0.25) is 14.8 Å². The molecular formula is C23H35FN4. The zero-order valence-electron chi connectivity index (χ0n) is 17.6. The molecule has 2 aliphatic heterocycles. The van der Waals surface area contributed by atoms with Crippen LogP contribution in [0.2, 0.25) is 0 Å². The average Bonchev–Trinajstić information content (AvgIpc) is 3.01. The molecule has 0 radical (unpaired) electrons. The first-order valence-electron chi connectivity index (χ1n) is 10.9. The maximum atomic E-state index is 14.1. The Bertz CT molecular complexity index is 720. The Kier molecular flexibility index (Phi) is 5.75. The van der Waals surface area contributed by atoms with E-state index in [0.717, 1.165) is 57.7 Å². The van der Waals surface area contributed by atoms with Gasteiger partial charge in [0.1, 0.15) is 12.0 Å². The van der Waals surface area contributed by atoms with E-state index in [2.05, 4.69) is 58.2 Å². The molecule has 0 bridgehead atoms. The second-order valence-electron chi connectivity index (χ2n) is 9.09. The maximum Gasteiger partial charge on any atom is 0.118 e. The van der Waals surface area contributed by atoms with Gasteiger partial charge in [-0.2, -0.15) is 0 Å². The lowest BCUT2D eigenvalue weighted by atomic mass is 9.79. The highest BCUT2D eigenvalue weighted by molar-refractivity contribution is 5.93. The molecule has 1 N–H and O–H groups in total. The first-order chi connectivity index (χ1) is 13.5. The third-order valence-corrected chi connectivity index (χ3v) is 7.19. The molecule has 4 atom stereocenters. The Hall–Kier alpha value is -1.46. The summed E-state index contributed by atoms with van der Waals surface area (Å²) >= 11 is 0. The van der Waals surface area contributed by atoms with Gasteiger partial charge in [0.2, 0.25) is 0 Å². The second-order valence-corrected chi connectivity index (χ2v) is 9.09. The fraction of sp³-hybridized carbons (Fsp3) is 0.696. The predicted octanol–water partition coefficient (Wildman–Crippen LogP) is 3.89. The molecule has 1 aromatic rings. The normalized spacial score (nSPS) is 36.1. The Morgan fingerprint density at radius 1 is 1.32 bits per heavy atom. The number of alkyl halides is 1. The standard InChI is InChI=1S/C23H35FN4/c1-17-6-4-7-19(12-17)15-27-11-10-23(14-18(27)2)22(25-3)26-16-28(23)21-9-5-8-20(24)13-21/h4,6-7,12,18,20-21H,5,8-11,13-16H2,1-3H3,(H,25,26)/t18-,20?,21+,23+/m0/s1. The van der Waals surface area contributed by atoms with Crippen molar-refractivity contribution in [2.75, 3.05) is 20.3 Å². The molecule has 0 aromatic heterocycles. The van der Waals surface area contributed by atoms with Crippen LogP contribution in [-0.4, -0.2) is 59.7 Å². The quantitative estimate of drug-likeness (QED) is 0.855. The van der Waals surface area contributed by atoms with Crippen molar-refractivity contribution in [1.82, 2.24) is 15.1 Å². The van der Waals surface area contributed by atoms with Crippen LogP contribution in [0.15, 0.2) is 29.3 Å². The predicted molar refractivity (Wildman–Crippen MR) is 113 cm³/mol. The zero-order valence-corrected chi connectivity index (χ0v) is 17.6. The van der Waals surface area contributed by atoms with Gasteiger partial charge in [0.15, 0.2) is 0 Å². The molecule has 28 heavy (non-hydrogen) atoms. The van der Waals surface area contributed by atoms with Crippen LogP contribution in [0.25, 0.3) is 0 Å². The summed E-state index contributed by atoms with van der Waals surface area (Å²) < 4.78 is 14.1. The number of hydrogen-bond donors (Lipinski definition) is 1. The number of likely N-dealkylation sites (tertiary alicyclic amines) is 1. The molecule has 3 fully saturated rings. The topological polar surface area (TPSA) is 30.9 Å². The van der Waals surface area contributed by atoms with Crippen LogP contribution in [0.4, 0.5) is 4.39 Å². The SMILES string of the molecule is CN=C1NCN([C@@H]2CCCC(F)C2)[C@@]12CCN(Cc1cccc(C)c1)[C@@H](C)C2. The third-order valence-electron chi connectivity index (χ3n) is 7.19. The van der Waals surface area contributed by atoms with Gasteiger partial charge < -0.3 is 5.32 Å². The minimum atomic E-state index is -0.641. The van der Waals surface area contributed by atoms with Crippen molar-refractivity contribution in [3.8, 4) is 0 Å². The summed E-state index contributed by atoms with van der Waals surface area (Å²) in [6.07, 6.45) is 5.02. The summed E-state index contributed by atoms with van der Waals surface area (Å²) in [5.41, 5.74) is 2.67. The summed E-state index contributed by atoms with van der Waals surface area (Å²) in [6, 6.07) is 9.65. The minimum absolute atomic E-state index is 0.0427. The van der Waals surface area contributed by atoms with Crippen molar-refractivity contribution in [3.05, 3.63) is 35.4 Å². The lowest BCUT2D eigenvalue weighted by Crippen LogP contribution is -2.61. The largest absolute Gasteiger partial charge is 0.359 e. The molecule has 4 rings (SSSR count). The second kappa shape index (κ2) is 8.11. The van der Waals surface area contributed by atoms with Crippen LogP contribution in [0.3, 0.4) is 0 Å². The van der Waals surface area contributed by atoms with E-state index in [1.807, 2.05) is 7.05 Å². The van der Waals surface area contributed by atoms with E-state index in [0.29, 0.717) is 18.5 Å². The van der Waals surface area contributed by atoms with Crippen LogP contribution in [0.5, 0.6) is 0 Å². The number of aliphatic imine (C=N–C) groups is 1. The summed E-state index contributed by atoms with van der Waals surface area (Å²) in [5, 5.41) is 3.56. The molecule has 0 amide bonds. The van der Waals surface area contributed by atoms with E-state index in [-0.39, 0.29) is 5.54 Å². The first kappa shape index (κ1) is 19.8. The van der Waals surface area contributed by atoms with Crippen molar-refractivity contribution in [2.24, 2.45) is 4.99 Å². The lowest BCUT2D eigenvalue weighted by Gasteiger charge is -2.50. The maximum absolute atomic E-state index is 14.1. The number of hydrogen-bond acceptors (Lipinski definition) is 3. The smallest absolute Gasteiger partial charge is 0.118 e. The van der Waals surface area contributed by atoms with E-state index >= 15 is 0 Å². The van der Waals surface area contributed by atoms with Gasteiger partial charge in [0.25, 0.3) is 0 Å². The molecule has 1 aliphatic carbocycles. The molecule has 1 aromatic carbocycles. The zero-order chi connectivity index (χ0) is 19.7. The number of nitrogens with zero attached hydrogens (tertiary/aromatic N) is 3. The molecule has 3 aliphatic rings. The fourth-order valence-electron chi connectivity index (χ4n) is 5.79. The number of aryl methyl sites for hydroxylation is 1. The third kappa shape index (κ3) is 3.71. The molecule has 1 unspecified atom stereocenters. The van der Waals surface area contributed by atoms with Gasteiger partial charge in [-0.15, -0.1) is 0 Å². The van der Waals surface area contributed by atoms with Crippen LogP contribution < -0.4 is 5.32 Å². The number of piperidine rings is 1. The number of benzene rings is 1. The highest BCUT2D eigenvalue weighted by Crippen LogP contribution is 2.40. The molecule has 1 spiro atoms. The molecule has 1 saturated carbocycles. The van der Waals surface area contributed by atoms with Crippen molar-refractivity contribution >= 4 is 5.84 Å². The number of nitrogens with one attached hydrogen (secondary N) is 1. The highest BCUT2D eigenvalue weighted by atomic mass is 19.1. The van der Waals surface area contributed by atoms with Gasteiger partial charge in [-0.1, -0.05) is 29.8 Å². The van der Waals surface area contributed by atoms with E-state index in [4.69, 9.17) is 0 Å². The Balaban J connectivity index is 1.51. The van der Waals surface area contributed by atoms with Gasteiger partial charge >= 0.3 is 0 Å². The average molecular weight is 387 g/mol. The van der Waals surface area contributed by atoms with Gasteiger partial charge in [0, 0.05) is 32.2 Å². The Labute approximate surface area is 169 Å². The summed E-state index contributed by atoms with van der Waals surface area (Å²) in [4.78, 5) is 9.81. The van der Waals surface area contributed by atoms with E-state index < -0.39 is 6.17 Å². The van der Waals surface area contributed by atoms with Crippen molar-refractivity contribution in [3.63, 3.8) is 0 Å². The van der Waals surface area contributed by atoms with Crippen molar-refractivity contribution in [2.45, 2.75) is 82.7 Å². The van der Waals surface area contributed by atoms with Crippen molar-refractivity contribution in [1.29, 1.82) is 0 Å². The van der Waals surface area contributed by atoms with Crippen LogP contribution >= 0.6 is 0 Å². The molecule has 2 heterocycles.